The van der Waals surface area contributed by atoms with Crippen molar-refractivity contribution in [3.8, 4) is 0 Å². The summed E-state index contributed by atoms with van der Waals surface area (Å²) in [6.45, 7) is 1.97. The van der Waals surface area contributed by atoms with Gasteiger partial charge in [0.15, 0.2) is 5.82 Å². The molecule has 2 heterocycles. The Bertz CT molecular complexity index is 929. The third-order valence-electron chi connectivity index (χ3n) is 3.46. The number of rotatable bonds is 8. The first kappa shape index (κ1) is 19.0. The second-order valence-electron chi connectivity index (χ2n) is 5.48. The molecular formula is C16H16F2N6O2S. The smallest absolute Gasteiger partial charge is 0.227 e. The van der Waals surface area contributed by atoms with Crippen LogP contribution in [-0.2, 0) is 23.4 Å². The third kappa shape index (κ3) is 5.33. The molecule has 2 N–H and O–H groups in total. The van der Waals surface area contributed by atoms with E-state index in [1.807, 2.05) is 6.92 Å². The molecule has 0 bridgehead atoms. The van der Waals surface area contributed by atoms with Crippen LogP contribution in [0.3, 0.4) is 0 Å². The highest BCUT2D eigenvalue weighted by Gasteiger charge is 2.12. The van der Waals surface area contributed by atoms with Crippen molar-refractivity contribution < 1.29 is 18.1 Å². The van der Waals surface area contributed by atoms with Gasteiger partial charge in [0.05, 0.1) is 11.4 Å². The van der Waals surface area contributed by atoms with Gasteiger partial charge >= 0.3 is 0 Å². The maximum absolute atomic E-state index is 13.5. The van der Waals surface area contributed by atoms with Crippen LogP contribution in [0.15, 0.2) is 27.9 Å². The number of aromatic nitrogens is 5. The molecule has 8 nitrogen and oxygen atoms in total. The highest BCUT2D eigenvalue weighted by molar-refractivity contribution is 7.98. The Labute approximate surface area is 157 Å². The molecule has 1 amide bonds. The van der Waals surface area contributed by atoms with E-state index in [1.165, 1.54) is 11.8 Å². The number of halogens is 2. The fourth-order valence-corrected chi connectivity index (χ4v) is 2.76. The fourth-order valence-electron chi connectivity index (χ4n) is 2.10. The number of nitrogens with one attached hydrogen (secondary N) is 2. The Morgan fingerprint density at radius 2 is 2.19 bits per heavy atom. The van der Waals surface area contributed by atoms with Gasteiger partial charge < -0.3 is 9.84 Å². The molecule has 0 fully saturated rings. The average molecular weight is 394 g/mol. The summed E-state index contributed by atoms with van der Waals surface area (Å²) in [5.41, 5.74) is -0.0815. The number of H-pyrrole nitrogens is 1. The molecule has 2 aromatic heterocycles. The van der Waals surface area contributed by atoms with Crippen LogP contribution in [0.4, 0.5) is 14.5 Å². The van der Waals surface area contributed by atoms with Crippen LogP contribution in [0.1, 0.15) is 30.9 Å². The molecular weight excluding hydrogens is 378 g/mol. The van der Waals surface area contributed by atoms with Gasteiger partial charge in [0.2, 0.25) is 17.0 Å². The zero-order valence-corrected chi connectivity index (χ0v) is 15.1. The topological polar surface area (TPSA) is 110 Å². The Morgan fingerprint density at radius 3 is 2.93 bits per heavy atom. The van der Waals surface area contributed by atoms with Crippen LogP contribution in [0.25, 0.3) is 0 Å². The summed E-state index contributed by atoms with van der Waals surface area (Å²) in [6, 6.07) is 2.94. The molecule has 0 spiro atoms. The molecule has 3 rings (SSSR count). The third-order valence-corrected chi connectivity index (χ3v) is 4.30. The van der Waals surface area contributed by atoms with Gasteiger partial charge in [-0.15, -0.1) is 5.10 Å². The van der Waals surface area contributed by atoms with Crippen molar-refractivity contribution in [2.45, 2.75) is 37.1 Å². The first-order valence-corrected chi connectivity index (χ1v) is 9.12. The number of nitrogens with zero attached hydrogens (tertiary/aromatic N) is 4. The van der Waals surface area contributed by atoms with Crippen LogP contribution in [0.2, 0.25) is 0 Å². The lowest BCUT2D eigenvalue weighted by Gasteiger charge is -2.05. The zero-order valence-electron chi connectivity index (χ0n) is 14.3. The van der Waals surface area contributed by atoms with Crippen LogP contribution in [0.5, 0.6) is 0 Å². The van der Waals surface area contributed by atoms with E-state index in [-0.39, 0.29) is 18.5 Å². The molecule has 3 aromatic rings. The number of aromatic amines is 1. The molecule has 0 aliphatic heterocycles. The number of aryl methyl sites for hydroxylation is 2. The van der Waals surface area contributed by atoms with Gasteiger partial charge in [-0.2, -0.15) is 4.98 Å². The standard InChI is InChI=1S/C16H16F2N6O2S/c1-2-12-21-16(23-22-12)27-8-13-20-15(26-24-13)6-5-14(25)19-11-4-3-9(17)7-10(11)18/h3-4,7H,2,5-6,8H2,1H3,(H,19,25)(H,21,22,23). The maximum Gasteiger partial charge on any atom is 0.227 e. The van der Waals surface area contributed by atoms with Gasteiger partial charge in [-0.25, -0.2) is 13.8 Å². The molecule has 0 aliphatic rings. The van der Waals surface area contributed by atoms with Crippen LogP contribution in [-0.4, -0.2) is 31.2 Å². The first-order valence-electron chi connectivity index (χ1n) is 8.14. The van der Waals surface area contributed by atoms with Gasteiger partial charge in [0.25, 0.3) is 0 Å². The molecule has 0 saturated heterocycles. The van der Waals surface area contributed by atoms with Gasteiger partial charge in [0.1, 0.15) is 17.5 Å². The number of carbonyl (C=O) groups excluding carboxylic acids is 1. The number of benzene rings is 1. The van der Waals surface area contributed by atoms with Crippen LogP contribution < -0.4 is 5.32 Å². The molecule has 0 aliphatic carbocycles. The summed E-state index contributed by atoms with van der Waals surface area (Å²) in [4.78, 5) is 20.3. The fraction of sp³-hybridized carbons (Fsp3) is 0.312. The molecule has 142 valence electrons. The van der Waals surface area contributed by atoms with E-state index in [4.69, 9.17) is 4.52 Å². The molecule has 0 atom stereocenters. The monoisotopic (exact) mass is 394 g/mol. The summed E-state index contributed by atoms with van der Waals surface area (Å²) in [5.74, 6) is -0.00144. The number of hydrogen-bond acceptors (Lipinski definition) is 7. The summed E-state index contributed by atoms with van der Waals surface area (Å²) in [6.07, 6.45) is 0.989. The Balaban J connectivity index is 1.46. The quantitative estimate of drug-likeness (QED) is 0.565. The minimum absolute atomic E-state index is 0.0202. The molecule has 11 heteroatoms. The van der Waals surface area contributed by atoms with Crippen LogP contribution >= 0.6 is 11.8 Å². The second kappa shape index (κ2) is 8.71. The van der Waals surface area contributed by atoms with Crippen molar-refractivity contribution in [2.75, 3.05) is 5.32 Å². The lowest BCUT2D eigenvalue weighted by molar-refractivity contribution is -0.116. The van der Waals surface area contributed by atoms with Crippen molar-refractivity contribution in [3.63, 3.8) is 0 Å². The van der Waals surface area contributed by atoms with E-state index >= 15 is 0 Å². The van der Waals surface area contributed by atoms with E-state index in [0.717, 1.165) is 24.4 Å². The van der Waals surface area contributed by atoms with Gasteiger partial charge in [-0.3, -0.25) is 9.89 Å². The lowest BCUT2D eigenvalue weighted by atomic mass is 10.2. The van der Waals surface area contributed by atoms with E-state index in [1.54, 1.807) is 0 Å². The predicted octanol–water partition coefficient (Wildman–Crippen LogP) is 2.89. The SMILES string of the molecule is CCc1nc(SCc2noc(CCC(=O)Nc3ccc(F)cc3F)n2)n[nH]1. The molecule has 0 saturated carbocycles. The molecule has 1 aromatic carbocycles. The Kier molecular flexibility index (Phi) is 6.12. The zero-order chi connectivity index (χ0) is 19.2. The lowest BCUT2D eigenvalue weighted by Crippen LogP contribution is -2.13. The summed E-state index contributed by atoms with van der Waals surface area (Å²) in [5, 5.41) is 13.7. The number of amides is 1. The summed E-state index contributed by atoms with van der Waals surface area (Å²) in [7, 11) is 0. The normalized spacial score (nSPS) is 10.9. The maximum atomic E-state index is 13.5. The van der Waals surface area contributed by atoms with Crippen molar-refractivity contribution in [1.82, 2.24) is 25.3 Å². The van der Waals surface area contributed by atoms with E-state index in [0.29, 0.717) is 28.7 Å². The minimum atomic E-state index is -0.835. The molecule has 0 unspecified atom stereocenters. The highest BCUT2D eigenvalue weighted by Crippen LogP contribution is 2.18. The Morgan fingerprint density at radius 1 is 1.33 bits per heavy atom. The highest BCUT2D eigenvalue weighted by atomic mass is 32.2. The van der Waals surface area contributed by atoms with Crippen molar-refractivity contribution in [1.29, 1.82) is 0 Å². The number of carbonyl (C=O) groups is 1. The first-order chi connectivity index (χ1) is 13.0. The van der Waals surface area contributed by atoms with Gasteiger partial charge in [0, 0.05) is 25.3 Å². The second-order valence-corrected chi connectivity index (χ2v) is 6.43. The van der Waals surface area contributed by atoms with Crippen molar-refractivity contribution in [2.24, 2.45) is 0 Å². The largest absolute Gasteiger partial charge is 0.339 e. The van der Waals surface area contributed by atoms with Gasteiger partial charge in [-0.1, -0.05) is 23.8 Å². The molecule has 0 radical (unpaired) electrons. The average Bonchev–Trinajstić information content (AvgIpc) is 3.29. The van der Waals surface area contributed by atoms with Crippen molar-refractivity contribution >= 4 is 23.4 Å². The minimum Gasteiger partial charge on any atom is -0.339 e. The Hall–Kier alpha value is -2.82. The van der Waals surface area contributed by atoms with Crippen LogP contribution in [0, 0.1) is 11.6 Å². The number of thioether (sulfide) groups is 1. The van der Waals surface area contributed by atoms with E-state index in [9.17, 15) is 13.6 Å². The van der Waals surface area contributed by atoms with E-state index in [2.05, 4.69) is 30.6 Å². The predicted molar refractivity (Wildman–Crippen MR) is 92.9 cm³/mol. The van der Waals surface area contributed by atoms with E-state index < -0.39 is 17.5 Å². The summed E-state index contributed by atoms with van der Waals surface area (Å²) < 4.78 is 31.5. The van der Waals surface area contributed by atoms with Gasteiger partial charge in [-0.05, 0) is 12.1 Å². The summed E-state index contributed by atoms with van der Waals surface area (Å²) >= 11 is 1.36. The molecule has 27 heavy (non-hydrogen) atoms. The van der Waals surface area contributed by atoms with Crippen molar-refractivity contribution in [3.05, 3.63) is 47.4 Å². The number of anilines is 1. The number of hydrogen-bond donors (Lipinski definition) is 2.